The zero-order valence-electron chi connectivity index (χ0n) is 49.1. The Labute approximate surface area is 490 Å². The van der Waals surface area contributed by atoms with Crippen LogP contribution in [0.4, 0.5) is 22.0 Å². The van der Waals surface area contributed by atoms with E-state index in [0.717, 1.165) is 51.4 Å². The van der Waals surface area contributed by atoms with E-state index in [0.29, 0.717) is 76.2 Å². The van der Waals surface area contributed by atoms with Gasteiger partial charge in [0.05, 0.1) is 32.7 Å². The third-order valence-electron chi connectivity index (χ3n) is 14.7. The van der Waals surface area contributed by atoms with Crippen LogP contribution in [0.25, 0.3) is 0 Å². The third-order valence-corrected chi connectivity index (χ3v) is 14.7. The van der Waals surface area contributed by atoms with Crippen molar-refractivity contribution in [2.24, 2.45) is 0 Å². The van der Waals surface area contributed by atoms with Crippen molar-refractivity contribution in [2.75, 3.05) is 99.5 Å². The molecule has 2 aliphatic carbocycles. The van der Waals surface area contributed by atoms with Gasteiger partial charge in [-0.05, 0) is 130 Å². The summed E-state index contributed by atoms with van der Waals surface area (Å²) >= 11 is 0. The molecule has 0 fully saturated rings. The smallest absolute Gasteiger partial charge is 0.144 e. The molecule has 5 unspecified atom stereocenters. The van der Waals surface area contributed by atoms with Crippen LogP contribution in [0.1, 0.15) is 91.1 Å². The normalized spacial score (nSPS) is 14.8. The summed E-state index contributed by atoms with van der Waals surface area (Å²) in [6.07, 6.45) is 34.6. The van der Waals surface area contributed by atoms with Gasteiger partial charge in [-0.1, -0.05) is 151 Å². The summed E-state index contributed by atoms with van der Waals surface area (Å²) in [6.45, 7) is 8.24. The summed E-state index contributed by atoms with van der Waals surface area (Å²) in [4.78, 5) is 9.91. The molecule has 438 valence electrons. The second kappa shape index (κ2) is 42.0. The van der Waals surface area contributed by atoms with Gasteiger partial charge in [-0.25, -0.2) is 22.0 Å². The summed E-state index contributed by atoms with van der Waals surface area (Å²) < 4.78 is 67.2. The number of fused-ring (bicyclic) bond motifs is 2. The fraction of sp³-hybridized carbons (Fsp3) is 0.437. The SMILES string of the molecule is C#CCN(C)C(C)Cc1ccc(OCCF)cc1.C#CCN(CCF)C(C)Cc1ccccc1.C#CCN(CCF)C1CCCc2ccccc21.C#CCN(CCF)C1CCc2ccccc21.C#CCN(CF)C(C)Cc1ccccc1. The van der Waals surface area contributed by atoms with Crippen LogP contribution in [-0.2, 0) is 32.1 Å². The highest BCUT2D eigenvalue weighted by molar-refractivity contribution is 5.35. The molecule has 0 amide bonds. The van der Waals surface area contributed by atoms with Gasteiger partial charge in [0.1, 0.15) is 45.9 Å². The van der Waals surface area contributed by atoms with Gasteiger partial charge in [0.2, 0.25) is 0 Å². The summed E-state index contributed by atoms with van der Waals surface area (Å²) in [5.74, 6) is 13.7. The summed E-state index contributed by atoms with van der Waals surface area (Å²) in [7, 11) is 2.02. The van der Waals surface area contributed by atoms with Crippen molar-refractivity contribution in [3.8, 4) is 67.5 Å². The zero-order chi connectivity index (χ0) is 59.7. The Morgan fingerprint density at radius 3 is 1.37 bits per heavy atom. The molecule has 2 aliphatic rings. The lowest BCUT2D eigenvalue weighted by Gasteiger charge is -2.34. The minimum atomic E-state index is -0.488. The number of aryl methyl sites for hydroxylation is 2. The molecule has 82 heavy (non-hydrogen) atoms. The number of likely N-dealkylation sites (N-methyl/N-ethyl adjacent to an activating group) is 1. The van der Waals surface area contributed by atoms with Crippen LogP contribution in [0, 0.1) is 61.7 Å². The zero-order valence-corrected chi connectivity index (χ0v) is 49.1. The molecule has 0 spiro atoms. The minimum Gasteiger partial charge on any atom is -0.491 e. The number of ether oxygens (including phenoxy) is 1. The molecule has 5 aromatic rings. The first-order valence-corrected chi connectivity index (χ1v) is 28.5. The van der Waals surface area contributed by atoms with Crippen LogP contribution in [0.15, 0.2) is 133 Å². The van der Waals surface area contributed by atoms with Crippen LogP contribution < -0.4 is 4.74 Å². The van der Waals surface area contributed by atoms with E-state index in [-0.39, 0.29) is 38.7 Å². The lowest BCUT2D eigenvalue weighted by atomic mass is 9.87. The summed E-state index contributed by atoms with van der Waals surface area (Å²) in [6, 6.07) is 46.2. The Morgan fingerprint density at radius 1 is 0.463 bits per heavy atom. The van der Waals surface area contributed by atoms with E-state index < -0.39 is 13.5 Å². The molecule has 0 aromatic heterocycles. The van der Waals surface area contributed by atoms with E-state index in [1.807, 2.05) is 97.7 Å². The average molecular weight is 1120 g/mol. The highest BCUT2D eigenvalue weighted by Gasteiger charge is 2.27. The first-order valence-electron chi connectivity index (χ1n) is 28.5. The average Bonchev–Trinajstić information content (AvgIpc) is 3.96. The Bertz CT molecular complexity index is 2690. The molecule has 5 atom stereocenters. The van der Waals surface area contributed by atoms with Crippen LogP contribution in [0.5, 0.6) is 5.75 Å². The maximum Gasteiger partial charge on any atom is 0.144 e. The molecule has 5 aromatic carbocycles. The predicted molar refractivity (Wildman–Crippen MR) is 332 cm³/mol. The predicted octanol–water partition coefficient (Wildman–Crippen LogP) is 13.1. The van der Waals surface area contributed by atoms with Crippen molar-refractivity contribution in [2.45, 2.75) is 102 Å². The molecule has 11 heteroatoms. The standard InChI is InChI=1S/C15H20FNO.C15H18FN.C14H16FN.C14H18FN.C13H16FN/c1-4-10-17(3)13(2)12-14-5-7-15(8-6-14)18-11-9-16;1-2-11-17(12-10-16)15-9-5-7-13-6-3-4-8-14(13)15;1-2-10-16(11-9-15)14-8-7-12-5-3-4-6-13(12)14;1-3-10-16(11-9-15)13(2)12-14-7-5-4-6-8-14;1-3-9-15(11-14)12(2)10-13-7-5-4-6-8-13/h1,5-8,13H,9-12H2,2-3H3;1,3-4,6,8,15H,5,7,9-12H2;1,3-6,14H,7-11H2;1,4-8,13H,9-12H2,2H3;1,4-8,12H,9-11H2,2H3. The lowest BCUT2D eigenvalue weighted by Crippen LogP contribution is -2.36. The van der Waals surface area contributed by atoms with Crippen molar-refractivity contribution in [1.82, 2.24) is 24.5 Å². The molecular weight excluding hydrogens is 1030 g/mol. The summed E-state index contributed by atoms with van der Waals surface area (Å²) in [5, 5.41) is 0. The third kappa shape index (κ3) is 25.5. The Kier molecular flexibility index (Phi) is 35.6. The van der Waals surface area contributed by atoms with E-state index in [9.17, 15) is 22.0 Å². The largest absolute Gasteiger partial charge is 0.491 e. The van der Waals surface area contributed by atoms with Gasteiger partial charge in [0, 0.05) is 49.8 Å². The highest BCUT2D eigenvalue weighted by atomic mass is 19.1. The van der Waals surface area contributed by atoms with E-state index >= 15 is 0 Å². The van der Waals surface area contributed by atoms with Gasteiger partial charge < -0.3 is 4.74 Å². The molecule has 0 N–H and O–H groups in total. The van der Waals surface area contributed by atoms with Gasteiger partial charge in [0.15, 0.2) is 0 Å². The number of alkyl halides is 5. The topological polar surface area (TPSA) is 25.4 Å². The minimum absolute atomic E-state index is 0.112. The van der Waals surface area contributed by atoms with Crippen molar-refractivity contribution in [3.63, 3.8) is 0 Å². The lowest BCUT2D eigenvalue weighted by molar-refractivity contribution is 0.156. The van der Waals surface area contributed by atoms with Crippen molar-refractivity contribution >= 4 is 0 Å². The molecule has 0 saturated carbocycles. The van der Waals surface area contributed by atoms with E-state index in [1.165, 1.54) is 38.9 Å². The van der Waals surface area contributed by atoms with E-state index in [4.69, 9.17) is 36.9 Å². The van der Waals surface area contributed by atoms with E-state index in [1.54, 1.807) is 4.90 Å². The van der Waals surface area contributed by atoms with Crippen LogP contribution in [0.3, 0.4) is 0 Å². The maximum absolute atomic E-state index is 12.6. The number of hydrogen-bond acceptors (Lipinski definition) is 6. The fourth-order valence-corrected chi connectivity index (χ4v) is 10.1. The number of terminal acetylenes is 5. The van der Waals surface area contributed by atoms with Gasteiger partial charge in [0.25, 0.3) is 0 Å². The number of nitrogens with zero attached hydrogens (tertiary/aromatic N) is 5. The number of hydrogen-bond donors (Lipinski definition) is 0. The van der Waals surface area contributed by atoms with Gasteiger partial charge in [-0.3, -0.25) is 24.5 Å². The molecule has 7 rings (SSSR count). The molecule has 0 bridgehead atoms. The number of benzene rings is 5. The second-order valence-electron chi connectivity index (χ2n) is 20.5. The Morgan fingerprint density at radius 2 is 0.890 bits per heavy atom. The molecule has 6 nitrogen and oxygen atoms in total. The number of halogens is 5. The maximum atomic E-state index is 12.6. The number of rotatable bonds is 26. The first kappa shape index (κ1) is 69.4. The fourth-order valence-electron chi connectivity index (χ4n) is 10.1. The van der Waals surface area contributed by atoms with Gasteiger partial charge in [-0.2, -0.15) is 0 Å². The molecule has 0 saturated heterocycles. The Balaban J connectivity index is 0.000000269. The van der Waals surface area contributed by atoms with Crippen molar-refractivity contribution in [1.29, 1.82) is 0 Å². The van der Waals surface area contributed by atoms with Gasteiger partial charge >= 0.3 is 0 Å². The molecule has 0 aliphatic heterocycles. The second-order valence-corrected chi connectivity index (χ2v) is 20.5. The first-order chi connectivity index (χ1) is 39.9. The van der Waals surface area contributed by atoms with Gasteiger partial charge in [-0.15, -0.1) is 32.1 Å². The van der Waals surface area contributed by atoms with Crippen LogP contribution in [0.2, 0.25) is 0 Å². The molecular formula is C71H88F5N5O. The monoisotopic (exact) mass is 1120 g/mol. The van der Waals surface area contributed by atoms with E-state index in [2.05, 4.69) is 113 Å². The van der Waals surface area contributed by atoms with Crippen molar-refractivity contribution < 1.29 is 26.7 Å². The van der Waals surface area contributed by atoms with Crippen LogP contribution >= 0.6 is 0 Å². The van der Waals surface area contributed by atoms with Crippen LogP contribution in [-0.4, -0.2) is 142 Å². The summed E-state index contributed by atoms with van der Waals surface area (Å²) in [5.41, 5.74) is 9.13. The molecule has 0 radical (unpaired) electrons. The quantitative estimate of drug-likeness (QED) is 0.0311. The molecule has 0 heterocycles. The highest BCUT2D eigenvalue weighted by Crippen LogP contribution is 2.36. The van der Waals surface area contributed by atoms with Crippen molar-refractivity contribution in [3.05, 3.63) is 172 Å². The Hall–Kier alpha value is -6.85.